The third-order valence-corrected chi connectivity index (χ3v) is 2.85. The maximum absolute atomic E-state index is 13.7. The van der Waals surface area contributed by atoms with Crippen LogP contribution in [0.5, 0.6) is 5.75 Å². The van der Waals surface area contributed by atoms with Gasteiger partial charge in [0.2, 0.25) is 0 Å². The number of hydrogen-bond donors (Lipinski definition) is 0. The molecule has 1 amide bonds. The van der Waals surface area contributed by atoms with Crippen molar-refractivity contribution in [2.75, 3.05) is 20.7 Å². The lowest BCUT2D eigenvalue weighted by molar-refractivity contribution is 0.0788. The molecule has 1 rings (SSSR count). The second-order valence-electron chi connectivity index (χ2n) is 4.28. The van der Waals surface area contributed by atoms with E-state index in [2.05, 4.69) is 6.92 Å². The number of unbranched alkanes of at least 4 members (excludes halogenated alkanes) is 2. The number of carbonyl (C=O) groups excluding carboxylic acids is 1. The van der Waals surface area contributed by atoms with Gasteiger partial charge >= 0.3 is 0 Å². The second kappa shape index (κ2) is 6.99. The molecule has 0 aromatic heterocycles. The predicted octanol–water partition coefficient (Wildman–Crippen LogP) is 3.10. The van der Waals surface area contributed by atoms with Crippen molar-refractivity contribution >= 4 is 5.91 Å². The molecule has 1 aromatic rings. The molecule has 3 nitrogen and oxygen atoms in total. The van der Waals surface area contributed by atoms with Crippen LogP contribution in [-0.4, -0.2) is 31.5 Å². The molecule has 100 valence electrons. The highest BCUT2D eigenvalue weighted by molar-refractivity contribution is 5.94. The largest absolute Gasteiger partial charge is 0.497 e. The standard InChI is InChI=1S/C14H20FNO2/c1-4-5-6-9-16(2)14(17)12-8-7-11(18-3)10-13(12)15/h7-8,10H,4-6,9H2,1-3H3. The summed E-state index contributed by atoms with van der Waals surface area (Å²) in [7, 11) is 3.16. The molecule has 0 bridgehead atoms. The van der Waals surface area contributed by atoms with Gasteiger partial charge in [0.15, 0.2) is 0 Å². The van der Waals surface area contributed by atoms with E-state index in [9.17, 15) is 9.18 Å². The Morgan fingerprint density at radius 1 is 1.39 bits per heavy atom. The zero-order valence-electron chi connectivity index (χ0n) is 11.2. The zero-order valence-corrected chi connectivity index (χ0v) is 11.2. The fourth-order valence-corrected chi connectivity index (χ4v) is 1.70. The Morgan fingerprint density at radius 2 is 2.11 bits per heavy atom. The quantitative estimate of drug-likeness (QED) is 0.729. The van der Waals surface area contributed by atoms with Gasteiger partial charge in [0.05, 0.1) is 12.7 Å². The molecule has 0 spiro atoms. The Bertz CT molecular complexity index is 407. The van der Waals surface area contributed by atoms with Gasteiger partial charge in [-0.2, -0.15) is 0 Å². The molecule has 0 fully saturated rings. The van der Waals surface area contributed by atoms with Gasteiger partial charge in [-0.25, -0.2) is 4.39 Å². The van der Waals surface area contributed by atoms with E-state index in [0.29, 0.717) is 12.3 Å². The minimum absolute atomic E-state index is 0.0924. The van der Waals surface area contributed by atoms with Crippen molar-refractivity contribution in [3.63, 3.8) is 0 Å². The van der Waals surface area contributed by atoms with Gasteiger partial charge in [0.1, 0.15) is 11.6 Å². The summed E-state index contributed by atoms with van der Waals surface area (Å²) in [5, 5.41) is 0. The van der Waals surface area contributed by atoms with Crippen molar-refractivity contribution in [1.29, 1.82) is 0 Å². The van der Waals surface area contributed by atoms with E-state index >= 15 is 0 Å². The van der Waals surface area contributed by atoms with E-state index < -0.39 is 5.82 Å². The van der Waals surface area contributed by atoms with Crippen molar-refractivity contribution in [2.45, 2.75) is 26.2 Å². The first-order valence-corrected chi connectivity index (χ1v) is 6.19. The van der Waals surface area contributed by atoms with Crippen LogP contribution in [0.15, 0.2) is 18.2 Å². The molecule has 18 heavy (non-hydrogen) atoms. The van der Waals surface area contributed by atoms with Gasteiger partial charge in [-0.15, -0.1) is 0 Å². The van der Waals surface area contributed by atoms with Crippen LogP contribution in [0, 0.1) is 5.82 Å². The highest BCUT2D eigenvalue weighted by Gasteiger charge is 2.16. The summed E-state index contributed by atoms with van der Waals surface area (Å²) in [5.41, 5.74) is 0.0924. The summed E-state index contributed by atoms with van der Waals surface area (Å²) >= 11 is 0. The van der Waals surface area contributed by atoms with E-state index in [1.165, 1.54) is 19.2 Å². The van der Waals surface area contributed by atoms with Crippen LogP contribution in [0.4, 0.5) is 4.39 Å². The summed E-state index contributed by atoms with van der Waals surface area (Å²) in [6.07, 6.45) is 3.11. The van der Waals surface area contributed by atoms with Crippen LogP contribution in [0.1, 0.15) is 36.5 Å². The van der Waals surface area contributed by atoms with Crippen molar-refractivity contribution in [3.8, 4) is 5.75 Å². The molecule has 0 unspecified atom stereocenters. The van der Waals surface area contributed by atoms with Crippen molar-refractivity contribution in [3.05, 3.63) is 29.6 Å². The van der Waals surface area contributed by atoms with E-state index in [0.717, 1.165) is 19.3 Å². The Labute approximate surface area is 108 Å². The van der Waals surface area contributed by atoms with E-state index in [1.54, 1.807) is 18.0 Å². The van der Waals surface area contributed by atoms with Crippen LogP contribution in [-0.2, 0) is 0 Å². The van der Waals surface area contributed by atoms with Crippen molar-refractivity contribution in [2.24, 2.45) is 0 Å². The minimum Gasteiger partial charge on any atom is -0.497 e. The molecule has 0 N–H and O–H groups in total. The lowest BCUT2D eigenvalue weighted by Crippen LogP contribution is -2.28. The van der Waals surface area contributed by atoms with Gasteiger partial charge < -0.3 is 9.64 Å². The first kappa shape index (κ1) is 14.5. The highest BCUT2D eigenvalue weighted by Crippen LogP contribution is 2.17. The first-order chi connectivity index (χ1) is 8.60. The monoisotopic (exact) mass is 253 g/mol. The summed E-state index contributed by atoms with van der Waals surface area (Å²) in [4.78, 5) is 13.6. The first-order valence-electron chi connectivity index (χ1n) is 6.19. The topological polar surface area (TPSA) is 29.5 Å². The number of ether oxygens (including phenoxy) is 1. The molecule has 0 aliphatic rings. The van der Waals surface area contributed by atoms with Gasteiger partial charge in [0, 0.05) is 19.7 Å². The number of amides is 1. The Kier molecular flexibility index (Phi) is 5.62. The average molecular weight is 253 g/mol. The number of hydrogen-bond acceptors (Lipinski definition) is 2. The normalized spacial score (nSPS) is 10.2. The van der Waals surface area contributed by atoms with Crippen LogP contribution in [0.2, 0.25) is 0 Å². The van der Waals surface area contributed by atoms with Crippen molar-refractivity contribution in [1.82, 2.24) is 4.90 Å². The Hall–Kier alpha value is -1.58. The summed E-state index contributed by atoms with van der Waals surface area (Å²) in [5.74, 6) is -0.411. The average Bonchev–Trinajstić information content (AvgIpc) is 2.38. The smallest absolute Gasteiger partial charge is 0.256 e. The fraction of sp³-hybridized carbons (Fsp3) is 0.500. The minimum atomic E-state index is -0.540. The van der Waals surface area contributed by atoms with Crippen molar-refractivity contribution < 1.29 is 13.9 Å². The number of rotatable bonds is 6. The van der Waals surface area contributed by atoms with Crippen LogP contribution in [0.25, 0.3) is 0 Å². The fourth-order valence-electron chi connectivity index (χ4n) is 1.70. The lowest BCUT2D eigenvalue weighted by atomic mass is 10.1. The molecule has 0 aliphatic heterocycles. The molecule has 0 saturated carbocycles. The van der Waals surface area contributed by atoms with Crippen LogP contribution in [0.3, 0.4) is 0 Å². The molecule has 1 aromatic carbocycles. The molecule has 0 heterocycles. The SMILES string of the molecule is CCCCCN(C)C(=O)c1ccc(OC)cc1F. The van der Waals surface area contributed by atoms with E-state index in [4.69, 9.17) is 4.74 Å². The molecule has 0 aliphatic carbocycles. The summed E-state index contributed by atoms with van der Waals surface area (Å²) in [6.45, 7) is 2.75. The Balaban J connectivity index is 2.71. The third kappa shape index (κ3) is 3.72. The third-order valence-electron chi connectivity index (χ3n) is 2.85. The Morgan fingerprint density at radius 3 is 2.67 bits per heavy atom. The molecule has 0 saturated heterocycles. The van der Waals surface area contributed by atoms with Gasteiger partial charge in [-0.3, -0.25) is 4.79 Å². The second-order valence-corrected chi connectivity index (χ2v) is 4.28. The predicted molar refractivity (Wildman–Crippen MR) is 69.4 cm³/mol. The molecular weight excluding hydrogens is 233 g/mol. The van der Waals surface area contributed by atoms with E-state index in [1.807, 2.05) is 0 Å². The molecule has 0 atom stereocenters. The number of carbonyl (C=O) groups is 1. The van der Waals surface area contributed by atoms with Crippen LogP contribution < -0.4 is 4.74 Å². The summed E-state index contributed by atoms with van der Waals surface area (Å²) in [6, 6.07) is 4.29. The number of halogens is 1. The highest BCUT2D eigenvalue weighted by atomic mass is 19.1. The maximum Gasteiger partial charge on any atom is 0.256 e. The molecule has 4 heteroatoms. The van der Waals surface area contributed by atoms with Gasteiger partial charge in [-0.1, -0.05) is 19.8 Å². The number of benzene rings is 1. The summed E-state index contributed by atoms with van der Waals surface area (Å²) < 4.78 is 18.6. The molecule has 0 radical (unpaired) electrons. The van der Waals surface area contributed by atoms with Gasteiger partial charge in [0.25, 0.3) is 5.91 Å². The van der Waals surface area contributed by atoms with Crippen LogP contribution >= 0.6 is 0 Å². The number of nitrogens with zero attached hydrogens (tertiary/aromatic N) is 1. The van der Waals surface area contributed by atoms with Gasteiger partial charge in [-0.05, 0) is 18.6 Å². The zero-order chi connectivity index (χ0) is 13.5. The van der Waals surface area contributed by atoms with E-state index in [-0.39, 0.29) is 11.5 Å². The number of methoxy groups -OCH3 is 1. The lowest BCUT2D eigenvalue weighted by Gasteiger charge is -2.17. The maximum atomic E-state index is 13.7. The molecular formula is C14H20FNO2.